The van der Waals surface area contributed by atoms with Gasteiger partial charge in [-0.25, -0.2) is 4.68 Å². The summed E-state index contributed by atoms with van der Waals surface area (Å²) >= 11 is 6.35. The van der Waals surface area contributed by atoms with Gasteiger partial charge in [-0.15, -0.1) is 0 Å². The van der Waals surface area contributed by atoms with Gasteiger partial charge in [0.1, 0.15) is 0 Å². The molecule has 0 aliphatic heterocycles. The van der Waals surface area contributed by atoms with Crippen LogP contribution in [-0.2, 0) is 6.54 Å². The van der Waals surface area contributed by atoms with Gasteiger partial charge in [0.2, 0.25) is 0 Å². The molecule has 108 valence electrons. The van der Waals surface area contributed by atoms with Crippen molar-refractivity contribution in [1.82, 2.24) is 15.1 Å². The first-order chi connectivity index (χ1) is 9.63. The van der Waals surface area contributed by atoms with Crippen molar-refractivity contribution in [1.29, 1.82) is 0 Å². The fourth-order valence-electron chi connectivity index (χ4n) is 2.11. The second kappa shape index (κ2) is 6.91. The summed E-state index contributed by atoms with van der Waals surface area (Å²) in [5.74, 6) is 0.428. The van der Waals surface area contributed by atoms with Gasteiger partial charge in [0, 0.05) is 23.3 Å². The van der Waals surface area contributed by atoms with Crippen molar-refractivity contribution >= 4 is 11.6 Å². The van der Waals surface area contributed by atoms with Crippen molar-refractivity contribution in [3.63, 3.8) is 0 Å². The van der Waals surface area contributed by atoms with E-state index >= 15 is 0 Å². The van der Waals surface area contributed by atoms with Crippen LogP contribution in [0.25, 0.3) is 5.69 Å². The van der Waals surface area contributed by atoms with Crippen LogP contribution in [-0.4, -0.2) is 16.3 Å². The molecule has 3 nitrogen and oxygen atoms in total. The summed E-state index contributed by atoms with van der Waals surface area (Å²) in [7, 11) is 0. The molecule has 0 spiro atoms. The first-order valence-electron chi connectivity index (χ1n) is 7.17. The molecule has 0 atom stereocenters. The number of aromatic nitrogens is 2. The first-order valence-corrected chi connectivity index (χ1v) is 7.55. The normalized spacial score (nSPS) is 11.2. The number of benzene rings is 1. The molecule has 20 heavy (non-hydrogen) atoms. The van der Waals surface area contributed by atoms with E-state index in [1.165, 1.54) is 0 Å². The van der Waals surface area contributed by atoms with Crippen molar-refractivity contribution in [3.8, 4) is 5.69 Å². The van der Waals surface area contributed by atoms with Gasteiger partial charge in [0.25, 0.3) is 0 Å². The van der Waals surface area contributed by atoms with Crippen molar-refractivity contribution in [2.24, 2.45) is 0 Å². The van der Waals surface area contributed by atoms with Gasteiger partial charge in [-0.05, 0) is 37.1 Å². The quantitative estimate of drug-likeness (QED) is 0.810. The van der Waals surface area contributed by atoms with Crippen LogP contribution in [0.3, 0.4) is 0 Å². The maximum Gasteiger partial charge on any atom is 0.0705 e. The molecule has 0 aliphatic carbocycles. The lowest BCUT2D eigenvalue weighted by atomic mass is 10.1. The standard InChI is InChI=1S/C16H22ClN3/c1-4-9-18-11-13-14(17)6-5-7-16(13)20-10-8-15(19-20)12(2)3/h5-8,10,12,18H,4,9,11H2,1-3H3. The number of rotatable bonds is 6. The maximum absolute atomic E-state index is 6.35. The average molecular weight is 292 g/mol. The van der Waals surface area contributed by atoms with Crippen molar-refractivity contribution in [2.45, 2.75) is 39.7 Å². The minimum absolute atomic E-state index is 0.428. The molecule has 1 N–H and O–H groups in total. The third kappa shape index (κ3) is 3.41. The number of halogens is 1. The summed E-state index contributed by atoms with van der Waals surface area (Å²) in [4.78, 5) is 0. The predicted molar refractivity (Wildman–Crippen MR) is 84.7 cm³/mol. The van der Waals surface area contributed by atoms with E-state index in [0.29, 0.717) is 5.92 Å². The summed E-state index contributed by atoms with van der Waals surface area (Å²) in [5, 5.41) is 8.83. The fraction of sp³-hybridized carbons (Fsp3) is 0.438. The average Bonchev–Trinajstić information content (AvgIpc) is 2.90. The maximum atomic E-state index is 6.35. The van der Waals surface area contributed by atoms with E-state index in [1.54, 1.807) is 0 Å². The third-order valence-electron chi connectivity index (χ3n) is 3.27. The Morgan fingerprint density at radius 2 is 2.10 bits per heavy atom. The largest absolute Gasteiger partial charge is 0.313 e. The van der Waals surface area contributed by atoms with Crippen molar-refractivity contribution < 1.29 is 0 Å². The minimum Gasteiger partial charge on any atom is -0.313 e. The van der Waals surface area contributed by atoms with E-state index in [1.807, 2.05) is 23.0 Å². The van der Waals surface area contributed by atoms with Gasteiger partial charge in [0.15, 0.2) is 0 Å². The molecule has 1 aromatic heterocycles. The van der Waals surface area contributed by atoms with Crippen LogP contribution in [0, 0.1) is 0 Å². The highest BCUT2D eigenvalue weighted by molar-refractivity contribution is 6.31. The lowest BCUT2D eigenvalue weighted by molar-refractivity contribution is 0.669. The molecule has 2 aromatic rings. The van der Waals surface area contributed by atoms with E-state index in [9.17, 15) is 0 Å². The van der Waals surface area contributed by atoms with Crippen molar-refractivity contribution in [3.05, 3.63) is 46.7 Å². The molecule has 4 heteroatoms. The molecule has 2 rings (SSSR count). The molecule has 0 radical (unpaired) electrons. The summed E-state index contributed by atoms with van der Waals surface area (Å²) < 4.78 is 1.92. The molecule has 1 aromatic carbocycles. The zero-order valence-corrected chi connectivity index (χ0v) is 13.1. The Kier molecular flexibility index (Phi) is 5.21. The molecule has 1 heterocycles. The molecule has 0 saturated carbocycles. The molecule has 0 amide bonds. The zero-order valence-electron chi connectivity index (χ0n) is 12.4. The second-order valence-electron chi connectivity index (χ2n) is 5.25. The lowest BCUT2D eigenvalue weighted by Gasteiger charge is -2.12. The van der Waals surface area contributed by atoms with Gasteiger partial charge in [-0.1, -0.05) is 38.4 Å². The molecule has 0 aliphatic rings. The van der Waals surface area contributed by atoms with E-state index in [0.717, 1.165) is 41.5 Å². The smallest absolute Gasteiger partial charge is 0.0705 e. The van der Waals surface area contributed by atoms with E-state index in [4.69, 9.17) is 11.6 Å². The molecule has 0 unspecified atom stereocenters. The van der Waals surface area contributed by atoms with Gasteiger partial charge >= 0.3 is 0 Å². The number of nitrogens with zero attached hydrogens (tertiary/aromatic N) is 2. The van der Waals surface area contributed by atoms with Gasteiger partial charge in [-0.2, -0.15) is 5.10 Å². The topological polar surface area (TPSA) is 29.9 Å². The van der Waals surface area contributed by atoms with E-state index in [-0.39, 0.29) is 0 Å². The molecule has 0 bridgehead atoms. The van der Waals surface area contributed by atoms with Crippen LogP contribution in [0.15, 0.2) is 30.5 Å². The first kappa shape index (κ1) is 15.1. The molecular formula is C16H22ClN3. The van der Waals surface area contributed by atoms with Crippen LogP contribution < -0.4 is 5.32 Å². The van der Waals surface area contributed by atoms with Crippen molar-refractivity contribution in [2.75, 3.05) is 6.54 Å². The SMILES string of the molecule is CCCNCc1c(Cl)cccc1-n1ccc(C(C)C)n1. The number of nitrogens with one attached hydrogen (secondary N) is 1. The lowest BCUT2D eigenvalue weighted by Crippen LogP contribution is -2.16. The minimum atomic E-state index is 0.428. The van der Waals surface area contributed by atoms with E-state index < -0.39 is 0 Å². The summed E-state index contributed by atoms with van der Waals surface area (Å²) in [6.45, 7) is 8.20. The molecule has 0 fully saturated rings. The Morgan fingerprint density at radius 3 is 2.75 bits per heavy atom. The van der Waals surface area contributed by atoms with Crippen LogP contribution in [0.4, 0.5) is 0 Å². The molecular weight excluding hydrogens is 270 g/mol. The Morgan fingerprint density at radius 1 is 1.30 bits per heavy atom. The Balaban J connectivity index is 2.31. The van der Waals surface area contributed by atoms with Crippen LogP contribution >= 0.6 is 11.6 Å². The Hall–Kier alpha value is -1.32. The fourth-order valence-corrected chi connectivity index (χ4v) is 2.34. The second-order valence-corrected chi connectivity index (χ2v) is 5.66. The van der Waals surface area contributed by atoms with Gasteiger partial charge < -0.3 is 5.32 Å². The third-order valence-corrected chi connectivity index (χ3v) is 3.62. The number of hydrogen-bond acceptors (Lipinski definition) is 2. The Labute approximate surface area is 126 Å². The Bertz CT molecular complexity index is 561. The van der Waals surface area contributed by atoms with Gasteiger partial charge in [-0.3, -0.25) is 0 Å². The van der Waals surface area contributed by atoms with Crippen LogP contribution in [0.5, 0.6) is 0 Å². The molecule has 0 saturated heterocycles. The summed E-state index contributed by atoms with van der Waals surface area (Å²) in [5.41, 5.74) is 3.24. The highest BCUT2D eigenvalue weighted by Crippen LogP contribution is 2.24. The van der Waals surface area contributed by atoms with Crippen LogP contribution in [0.2, 0.25) is 5.02 Å². The highest BCUT2D eigenvalue weighted by Gasteiger charge is 2.11. The predicted octanol–water partition coefficient (Wildman–Crippen LogP) is 4.15. The highest BCUT2D eigenvalue weighted by atomic mass is 35.5. The van der Waals surface area contributed by atoms with Gasteiger partial charge in [0.05, 0.1) is 11.4 Å². The van der Waals surface area contributed by atoms with Crippen LogP contribution in [0.1, 0.15) is 44.4 Å². The summed E-state index contributed by atoms with van der Waals surface area (Å²) in [6.07, 6.45) is 3.11. The monoisotopic (exact) mass is 291 g/mol. The number of hydrogen-bond donors (Lipinski definition) is 1. The summed E-state index contributed by atoms with van der Waals surface area (Å²) in [6, 6.07) is 8.03. The zero-order chi connectivity index (χ0) is 14.5. The van der Waals surface area contributed by atoms with E-state index in [2.05, 4.69) is 43.3 Å².